The molecule has 1 saturated carbocycles. The Bertz CT molecular complexity index is 609. The zero-order chi connectivity index (χ0) is 14.8. The van der Waals surface area contributed by atoms with Crippen molar-refractivity contribution in [2.24, 2.45) is 5.92 Å². The first-order valence-corrected chi connectivity index (χ1v) is 8.83. The summed E-state index contributed by atoms with van der Waals surface area (Å²) in [6.07, 6.45) is 4.30. The van der Waals surface area contributed by atoms with Gasteiger partial charge in [-0.05, 0) is 24.3 Å². The fourth-order valence-corrected chi connectivity index (χ4v) is 4.37. The van der Waals surface area contributed by atoms with Crippen molar-refractivity contribution in [2.45, 2.75) is 25.4 Å². The molecular formula is C15H18N2O2S2. The fourth-order valence-electron chi connectivity index (χ4n) is 2.75. The predicted octanol–water partition coefficient (Wildman–Crippen LogP) is 3.10. The van der Waals surface area contributed by atoms with Crippen molar-refractivity contribution in [1.29, 1.82) is 0 Å². The number of rotatable bonds is 4. The lowest BCUT2D eigenvalue weighted by Crippen LogP contribution is -2.34. The first-order chi connectivity index (χ1) is 10.1. The molecule has 0 spiro atoms. The quantitative estimate of drug-likeness (QED) is 0.941. The summed E-state index contributed by atoms with van der Waals surface area (Å²) >= 11 is 3.05. The first-order valence-electron chi connectivity index (χ1n) is 7.07. The standard InChI is InChI=1S/C15H18N2O2S2/c1-17(8-10-3-2-4-12(10)18)15(19)13-7-16-14(21-13)11-5-6-20-9-11/h5-7,9-10,12,18H,2-4,8H2,1H3. The van der Waals surface area contributed by atoms with Gasteiger partial charge < -0.3 is 10.0 Å². The van der Waals surface area contributed by atoms with E-state index >= 15 is 0 Å². The third kappa shape index (κ3) is 3.17. The third-order valence-electron chi connectivity index (χ3n) is 3.96. The third-order valence-corrected chi connectivity index (χ3v) is 5.68. The van der Waals surface area contributed by atoms with Gasteiger partial charge >= 0.3 is 0 Å². The van der Waals surface area contributed by atoms with Crippen molar-refractivity contribution in [2.75, 3.05) is 13.6 Å². The number of thiophene rings is 1. The molecule has 1 N–H and O–H groups in total. The summed E-state index contributed by atoms with van der Waals surface area (Å²) in [5.41, 5.74) is 1.07. The van der Waals surface area contributed by atoms with Crippen molar-refractivity contribution in [3.8, 4) is 10.6 Å². The molecule has 1 amide bonds. The summed E-state index contributed by atoms with van der Waals surface area (Å²) in [5.74, 6) is 0.205. The van der Waals surface area contributed by atoms with Crippen LogP contribution in [-0.4, -0.2) is 40.6 Å². The number of aromatic nitrogens is 1. The number of carbonyl (C=O) groups is 1. The number of amides is 1. The number of aliphatic hydroxyl groups is 1. The van der Waals surface area contributed by atoms with E-state index in [-0.39, 0.29) is 17.9 Å². The maximum atomic E-state index is 12.4. The highest BCUT2D eigenvalue weighted by Gasteiger charge is 2.28. The van der Waals surface area contributed by atoms with Crippen LogP contribution >= 0.6 is 22.7 Å². The highest BCUT2D eigenvalue weighted by atomic mass is 32.1. The van der Waals surface area contributed by atoms with Crippen LogP contribution in [0.3, 0.4) is 0 Å². The largest absolute Gasteiger partial charge is 0.393 e. The molecule has 2 aromatic rings. The van der Waals surface area contributed by atoms with Gasteiger partial charge in [0.1, 0.15) is 9.88 Å². The molecule has 1 aliphatic rings. The van der Waals surface area contributed by atoms with Gasteiger partial charge in [0.15, 0.2) is 0 Å². The van der Waals surface area contributed by atoms with Gasteiger partial charge in [-0.2, -0.15) is 11.3 Å². The predicted molar refractivity (Wildman–Crippen MR) is 85.7 cm³/mol. The lowest BCUT2D eigenvalue weighted by molar-refractivity contribution is 0.0697. The minimum absolute atomic E-state index is 0.00641. The van der Waals surface area contributed by atoms with Crippen molar-refractivity contribution in [3.63, 3.8) is 0 Å². The maximum Gasteiger partial charge on any atom is 0.265 e. The highest BCUT2D eigenvalue weighted by Crippen LogP contribution is 2.29. The van der Waals surface area contributed by atoms with E-state index in [0.29, 0.717) is 11.4 Å². The Morgan fingerprint density at radius 3 is 3.05 bits per heavy atom. The molecule has 1 aliphatic carbocycles. The molecule has 0 bridgehead atoms. The van der Waals surface area contributed by atoms with Crippen LogP contribution in [0.5, 0.6) is 0 Å². The topological polar surface area (TPSA) is 53.4 Å². The van der Waals surface area contributed by atoms with Crippen LogP contribution < -0.4 is 0 Å². The number of thiazole rings is 1. The average molecular weight is 322 g/mol. The van der Waals surface area contributed by atoms with Crippen molar-refractivity contribution in [3.05, 3.63) is 27.9 Å². The highest BCUT2D eigenvalue weighted by molar-refractivity contribution is 7.17. The summed E-state index contributed by atoms with van der Waals surface area (Å²) in [5, 5.41) is 14.8. The van der Waals surface area contributed by atoms with Gasteiger partial charge in [0.25, 0.3) is 5.91 Å². The molecule has 2 aromatic heterocycles. The Balaban J connectivity index is 1.67. The van der Waals surface area contributed by atoms with Gasteiger partial charge in [-0.25, -0.2) is 4.98 Å². The Morgan fingerprint density at radius 1 is 1.52 bits per heavy atom. The minimum Gasteiger partial charge on any atom is -0.393 e. The van der Waals surface area contributed by atoms with Crippen LogP contribution in [0.25, 0.3) is 10.6 Å². The molecule has 3 rings (SSSR count). The summed E-state index contributed by atoms with van der Waals surface area (Å²) in [4.78, 5) is 19.1. The number of carbonyl (C=O) groups excluding carboxylic acids is 1. The number of hydrogen-bond donors (Lipinski definition) is 1. The summed E-state index contributed by atoms with van der Waals surface area (Å²) < 4.78 is 0. The van der Waals surface area contributed by atoms with E-state index in [2.05, 4.69) is 4.98 Å². The Kier molecular flexibility index (Phi) is 4.37. The fraction of sp³-hybridized carbons (Fsp3) is 0.467. The van der Waals surface area contributed by atoms with E-state index in [1.165, 1.54) is 11.3 Å². The van der Waals surface area contributed by atoms with Crippen LogP contribution in [0.4, 0.5) is 0 Å². The van der Waals surface area contributed by atoms with Gasteiger partial charge in [-0.15, -0.1) is 11.3 Å². The van der Waals surface area contributed by atoms with Crippen molar-refractivity contribution in [1.82, 2.24) is 9.88 Å². The second-order valence-electron chi connectivity index (χ2n) is 5.49. The summed E-state index contributed by atoms with van der Waals surface area (Å²) in [6.45, 7) is 0.617. The van der Waals surface area contributed by atoms with E-state index in [9.17, 15) is 9.90 Å². The molecule has 2 heterocycles. The van der Waals surface area contributed by atoms with E-state index in [0.717, 1.165) is 29.8 Å². The number of hydrogen-bond acceptors (Lipinski definition) is 5. The average Bonchev–Trinajstić information content (AvgIpc) is 3.18. The van der Waals surface area contributed by atoms with E-state index in [4.69, 9.17) is 0 Å². The second kappa shape index (κ2) is 6.25. The Morgan fingerprint density at radius 2 is 2.38 bits per heavy atom. The molecule has 0 aliphatic heterocycles. The van der Waals surface area contributed by atoms with Crippen LogP contribution in [-0.2, 0) is 0 Å². The Hall–Kier alpha value is -1.24. The normalized spacial score (nSPS) is 21.6. The minimum atomic E-state index is -0.261. The van der Waals surface area contributed by atoms with Crippen molar-refractivity contribution < 1.29 is 9.90 Å². The molecule has 4 nitrogen and oxygen atoms in total. The molecule has 21 heavy (non-hydrogen) atoms. The van der Waals surface area contributed by atoms with Crippen molar-refractivity contribution >= 4 is 28.6 Å². The first kappa shape index (κ1) is 14.7. The van der Waals surface area contributed by atoms with Gasteiger partial charge in [0.2, 0.25) is 0 Å². The molecule has 0 aromatic carbocycles. The molecule has 2 unspecified atom stereocenters. The zero-order valence-corrected chi connectivity index (χ0v) is 13.5. The van der Waals surface area contributed by atoms with Crippen LogP contribution in [0.15, 0.2) is 23.0 Å². The number of aliphatic hydroxyl groups excluding tert-OH is 1. The summed E-state index contributed by atoms with van der Waals surface area (Å²) in [7, 11) is 1.80. The molecular weight excluding hydrogens is 304 g/mol. The smallest absolute Gasteiger partial charge is 0.265 e. The molecule has 0 radical (unpaired) electrons. The SMILES string of the molecule is CN(CC1CCCC1O)C(=O)c1cnc(-c2ccsc2)s1. The van der Waals surface area contributed by atoms with E-state index in [1.807, 2.05) is 16.8 Å². The second-order valence-corrected chi connectivity index (χ2v) is 7.30. The van der Waals surface area contributed by atoms with E-state index < -0.39 is 0 Å². The van der Waals surface area contributed by atoms with Gasteiger partial charge in [-0.3, -0.25) is 4.79 Å². The maximum absolute atomic E-state index is 12.4. The zero-order valence-electron chi connectivity index (χ0n) is 11.9. The van der Waals surface area contributed by atoms with Gasteiger partial charge in [-0.1, -0.05) is 6.42 Å². The van der Waals surface area contributed by atoms with Gasteiger partial charge in [0.05, 0.1) is 12.3 Å². The lowest BCUT2D eigenvalue weighted by atomic mass is 10.1. The number of nitrogens with zero attached hydrogens (tertiary/aromatic N) is 2. The molecule has 6 heteroatoms. The lowest BCUT2D eigenvalue weighted by Gasteiger charge is -2.22. The summed E-state index contributed by atoms with van der Waals surface area (Å²) in [6, 6.07) is 2.01. The molecule has 112 valence electrons. The Labute approximate surface area is 132 Å². The molecule has 0 saturated heterocycles. The monoisotopic (exact) mass is 322 g/mol. The van der Waals surface area contributed by atoms with Crippen LogP contribution in [0.2, 0.25) is 0 Å². The van der Waals surface area contributed by atoms with Crippen LogP contribution in [0, 0.1) is 5.92 Å². The molecule has 2 atom stereocenters. The van der Waals surface area contributed by atoms with Gasteiger partial charge in [0, 0.05) is 30.5 Å². The molecule has 1 fully saturated rings. The van der Waals surface area contributed by atoms with E-state index in [1.54, 1.807) is 29.5 Å². The van der Waals surface area contributed by atoms with Crippen LogP contribution in [0.1, 0.15) is 28.9 Å².